The molecule has 0 atom stereocenters. The molecule has 0 aliphatic heterocycles. The summed E-state index contributed by atoms with van der Waals surface area (Å²) in [5.74, 6) is -0.722. The number of hydrogen-bond acceptors (Lipinski definition) is 3. The Morgan fingerprint density at radius 3 is 2.64 bits per heavy atom. The summed E-state index contributed by atoms with van der Waals surface area (Å²) < 4.78 is 0. The van der Waals surface area contributed by atoms with E-state index in [1.54, 1.807) is 0 Å². The van der Waals surface area contributed by atoms with E-state index < -0.39 is 5.97 Å². The van der Waals surface area contributed by atoms with Crippen LogP contribution in [0.2, 0.25) is 0 Å². The van der Waals surface area contributed by atoms with Gasteiger partial charge in [-0.15, -0.1) is 0 Å². The van der Waals surface area contributed by atoms with E-state index in [2.05, 4.69) is 10.6 Å². The van der Waals surface area contributed by atoms with Crippen LogP contribution in [0.5, 0.6) is 0 Å². The van der Waals surface area contributed by atoms with Crippen LogP contribution < -0.4 is 10.6 Å². The number of rotatable bonds is 7. The molecule has 11 heavy (non-hydrogen) atoms. The van der Waals surface area contributed by atoms with Crippen molar-refractivity contribution < 1.29 is 9.90 Å². The molecule has 0 fully saturated rings. The fraction of sp³-hybridized carbons (Fsp3) is 0.857. The Hall–Kier alpha value is -0.610. The SMILES string of the molecule is CNCCNCCCC(=O)O. The van der Waals surface area contributed by atoms with Crippen molar-refractivity contribution in [3.05, 3.63) is 0 Å². The van der Waals surface area contributed by atoms with Crippen molar-refractivity contribution in [2.45, 2.75) is 12.8 Å². The zero-order chi connectivity index (χ0) is 8.53. The zero-order valence-electron chi connectivity index (χ0n) is 6.89. The van der Waals surface area contributed by atoms with Gasteiger partial charge in [-0.05, 0) is 20.0 Å². The minimum Gasteiger partial charge on any atom is -0.481 e. The van der Waals surface area contributed by atoms with Crippen molar-refractivity contribution in [1.82, 2.24) is 10.6 Å². The smallest absolute Gasteiger partial charge is 0.303 e. The molecular weight excluding hydrogens is 144 g/mol. The predicted molar refractivity (Wildman–Crippen MR) is 43.7 cm³/mol. The first-order chi connectivity index (χ1) is 5.27. The van der Waals surface area contributed by atoms with Crippen molar-refractivity contribution in [3.63, 3.8) is 0 Å². The predicted octanol–water partition coefficient (Wildman–Crippen LogP) is -0.340. The first-order valence-electron chi connectivity index (χ1n) is 3.84. The van der Waals surface area contributed by atoms with E-state index in [9.17, 15) is 4.79 Å². The van der Waals surface area contributed by atoms with Crippen molar-refractivity contribution in [1.29, 1.82) is 0 Å². The van der Waals surface area contributed by atoms with E-state index in [4.69, 9.17) is 5.11 Å². The van der Waals surface area contributed by atoms with Gasteiger partial charge in [0.25, 0.3) is 0 Å². The van der Waals surface area contributed by atoms with Gasteiger partial charge in [-0.1, -0.05) is 0 Å². The molecule has 0 saturated carbocycles. The molecule has 0 heterocycles. The number of hydrogen-bond donors (Lipinski definition) is 3. The third kappa shape index (κ3) is 9.39. The van der Waals surface area contributed by atoms with Gasteiger partial charge in [-0.2, -0.15) is 0 Å². The normalized spacial score (nSPS) is 9.91. The van der Waals surface area contributed by atoms with Crippen molar-refractivity contribution in [3.8, 4) is 0 Å². The third-order valence-electron chi connectivity index (χ3n) is 1.30. The van der Waals surface area contributed by atoms with Gasteiger partial charge in [0.1, 0.15) is 0 Å². The molecule has 0 rings (SSSR count). The highest BCUT2D eigenvalue weighted by Crippen LogP contribution is 1.84. The first kappa shape index (κ1) is 10.4. The van der Waals surface area contributed by atoms with Gasteiger partial charge in [0, 0.05) is 19.5 Å². The minimum absolute atomic E-state index is 0.257. The topological polar surface area (TPSA) is 61.4 Å². The van der Waals surface area contributed by atoms with E-state index in [1.807, 2.05) is 7.05 Å². The maximum atomic E-state index is 10.0. The zero-order valence-corrected chi connectivity index (χ0v) is 6.89. The molecule has 4 nitrogen and oxygen atoms in total. The summed E-state index contributed by atoms with van der Waals surface area (Å²) in [6.45, 7) is 2.61. The highest BCUT2D eigenvalue weighted by atomic mass is 16.4. The largest absolute Gasteiger partial charge is 0.481 e. The summed E-state index contributed by atoms with van der Waals surface area (Å²) in [5.41, 5.74) is 0. The van der Waals surface area contributed by atoms with Gasteiger partial charge < -0.3 is 15.7 Å². The number of carboxylic acids is 1. The summed E-state index contributed by atoms with van der Waals surface area (Å²) >= 11 is 0. The van der Waals surface area contributed by atoms with Crippen LogP contribution >= 0.6 is 0 Å². The highest BCUT2D eigenvalue weighted by Gasteiger charge is 1.94. The molecule has 0 aromatic carbocycles. The van der Waals surface area contributed by atoms with E-state index in [1.165, 1.54) is 0 Å². The summed E-state index contributed by atoms with van der Waals surface area (Å²) in [6, 6.07) is 0. The second-order valence-electron chi connectivity index (χ2n) is 2.35. The monoisotopic (exact) mass is 160 g/mol. The number of nitrogens with one attached hydrogen (secondary N) is 2. The maximum Gasteiger partial charge on any atom is 0.303 e. The second-order valence-corrected chi connectivity index (χ2v) is 2.35. The lowest BCUT2D eigenvalue weighted by Gasteiger charge is -2.01. The van der Waals surface area contributed by atoms with Crippen molar-refractivity contribution >= 4 is 5.97 Å². The Morgan fingerprint density at radius 2 is 2.09 bits per heavy atom. The second kappa shape index (κ2) is 7.50. The molecular formula is C7H16N2O2. The van der Waals surface area contributed by atoms with Crippen LogP contribution in [0, 0.1) is 0 Å². The summed E-state index contributed by atoms with van der Waals surface area (Å²) in [4.78, 5) is 10.0. The fourth-order valence-corrected chi connectivity index (χ4v) is 0.703. The maximum absolute atomic E-state index is 10.0. The molecule has 0 saturated heterocycles. The number of likely N-dealkylation sites (N-methyl/N-ethyl adjacent to an activating group) is 1. The third-order valence-corrected chi connectivity index (χ3v) is 1.30. The van der Waals surface area contributed by atoms with E-state index in [-0.39, 0.29) is 6.42 Å². The molecule has 0 amide bonds. The van der Waals surface area contributed by atoms with Crippen LogP contribution in [0.15, 0.2) is 0 Å². The molecule has 66 valence electrons. The van der Waals surface area contributed by atoms with E-state index >= 15 is 0 Å². The highest BCUT2D eigenvalue weighted by molar-refractivity contribution is 5.66. The quantitative estimate of drug-likeness (QED) is 0.446. The Labute approximate surface area is 67.0 Å². The summed E-state index contributed by atoms with van der Waals surface area (Å²) in [7, 11) is 1.89. The van der Waals surface area contributed by atoms with Gasteiger partial charge in [-0.3, -0.25) is 4.79 Å². The van der Waals surface area contributed by atoms with Crippen LogP contribution in [0.4, 0.5) is 0 Å². The Balaban J connectivity index is 2.85. The van der Waals surface area contributed by atoms with Crippen LogP contribution in [-0.2, 0) is 4.79 Å². The average Bonchev–Trinajstić information content (AvgIpc) is 1.96. The van der Waals surface area contributed by atoms with Crippen LogP contribution in [0.1, 0.15) is 12.8 Å². The lowest BCUT2D eigenvalue weighted by Crippen LogP contribution is -2.25. The Bertz CT molecular complexity index is 107. The number of carbonyl (C=O) groups is 1. The molecule has 0 aromatic rings. The van der Waals surface area contributed by atoms with Crippen LogP contribution in [-0.4, -0.2) is 37.8 Å². The standard InChI is InChI=1S/C7H16N2O2/c1-8-5-6-9-4-2-3-7(10)11/h8-9H,2-6H2,1H3,(H,10,11). The summed E-state index contributed by atoms with van der Waals surface area (Å²) in [5, 5.41) is 14.4. The molecule has 0 radical (unpaired) electrons. The van der Waals surface area contributed by atoms with E-state index in [0.29, 0.717) is 6.42 Å². The molecule has 0 aromatic heterocycles. The first-order valence-corrected chi connectivity index (χ1v) is 3.84. The van der Waals surface area contributed by atoms with Gasteiger partial charge >= 0.3 is 5.97 Å². The molecule has 4 heteroatoms. The lowest BCUT2D eigenvalue weighted by atomic mass is 10.3. The molecule has 0 spiro atoms. The van der Waals surface area contributed by atoms with Crippen molar-refractivity contribution in [2.75, 3.05) is 26.7 Å². The average molecular weight is 160 g/mol. The molecule has 0 aliphatic rings. The molecule has 0 bridgehead atoms. The van der Waals surface area contributed by atoms with Gasteiger partial charge in [-0.25, -0.2) is 0 Å². The van der Waals surface area contributed by atoms with Crippen LogP contribution in [0.25, 0.3) is 0 Å². The molecule has 3 N–H and O–H groups in total. The number of carboxylic acid groups (broad SMARTS) is 1. The van der Waals surface area contributed by atoms with Crippen LogP contribution in [0.3, 0.4) is 0 Å². The van der Waals surface area contributed by atoms with Gasteiger partial charge in [0.2, 0.25) is 0 Å². The Morgan fingerprint density at radius 1 is 1.36 bits per heavy atom. The van der Waals surface area contributed by atoms with Gasteiger partial charge in [0.05, 0.1) is 0 Å². The fourth-order valence-electron chi connectivity index (χ4n) is 0.703. The molecule has 0 unspecified atom stereocenters. The minimum atomic E-state index is -0.722. The van der Waals surface area contributed by atoms with Gasteiger partial charge in [0.15, 0.2) is 0 Å². The van der Waals surface area contributed by atoms with Crippen molar-refractivity contribution in [2.24, 2.45) is 0 Å². The van der Waals surface area contributed by atoms with E-state index in [0.717, 1.165) is 19.6 Å². The number of aliphatic carboxylic acids is 1. The lowest BCUT2D eigenvalue weighted by molar-refractivity contribution is -0.137. The Kier molecular flexibility index (Phi) is 7.08. The molecule has 0 aliphatic carbocycles. The summed E-state index contributed by atoms with van der Waals surface area (Å²) in [6.07, 6.45) is 0.964.